The Morgan fingerprint density at radius 1 is 1.05 bits per heavy atom. The van der Waals surface area contributed by atoms with Crippen LogP contribution in [0.2, 0.25) is 0 Å². The minimum Gasteiger partial charge on any atom is -0.301 e. The third kappa shape index (κ3) is 3.58. The third-order valence-electron chi connectivity index (χ3n) is 3.00. The van der Waals surface area contributed by atoms with Crippen LogP contribution in [0.5, 0.6) is 0 Å². The lowest BCUT2D eigenvalue weighted by atomic mass is 10.2. The van der Waals surface area contributed by atoms with Crippen molar-refractivity contribution in [3.63, 3.8) is 0 Å². The Morgan fingerprint density at radius 2 is 1.79 bits per heavy atom. The summed E-state index contributed by atoms with van der Waals surface area (Å²) < 4.78 is 0. The highest BCUT2D eigenvalue weighted by atomic mass is 32.1. The van der Waals surface area contributed by atoms with Gasteiger partial charge in [0.1, 0.15) is 0 Å². The summed E-state index contributed by atoms with van der Waals surface area (Å²) in [6.07, 6.45) is 5.21. The van der Waals surface area contributed by atoms with Crippen LogP contribution in [0.1, 0.15) is 62.1 Å². The average molecular weight is 276 g/mol. The van der Waals surface area contributed by atoms with Crippen LogP contribution in [0.15, 0.2) is 24.0 Å². The average Bonchev–Trinajstić information content (AvgIpc) is 2.89. The first-order valence-corrected chi connectivity index (χ1v) is 7.43. The summed E-state index contributed by atoms with van der Waals surface area (Å²) in [5.74, 6) is 0.489. The van der Waals surface area contributed by atoms with E-state index < -0.39 is 0 Å². The Bertz CT molecular complexity index is 509. The van der Waals surface area contributed by atoms with Crippen molar-refractivity contribution in [2.75, 3.05) is 0 Å². The van der Waals surface area contributed by atoms with Gasteiger partial charge >= 0.3 is 0 Å². The minimum atomic E-state index is 0.160. The molecule has 2 heterocycles. The summed E-state index contributed by atoms with van der Waals surface area (Å²) in [7, 11) is 0. The van der Waals surface area contributed by atoms with Crippen LogP contribution in [0.25, 0.3) is 0 Å². The van der Waals surface area contributed by atoms with Gasteiger partial charge in [0, 0.05) is 42.0 Å². The lowest BCUT2D eigenvalue weighted by Gasteiger charge is -2.17. The molecule has 0 radical (unpaired) electrons. The predicted octanol–water partition coefficient (Wildman–Crippen LogP) is 3.47. The van der Waals surface area contributed by atoms with E-state index in [-0.39, 0.29) is 12.1 Å². The zero-order chi connectivity index (χ0) is 13.8. The van der Waals surface area contributed by atoms with E-state index in [4.69, 9.17) is 0 Å². The SMILES string of the molecule is CC(C)c1nc([C@@H](C)N[C@@H](C)c2cnccn2)cs1. The second kappa shape index (κ2) is 6.21. The van der Waals surface area contributed by atoms with Gasteiger partial charge in [0.2, 0.25) is 0 Å². The summed E-state index contributed by atoms with van der Waals surface area (Å²) in [5.41, 5.74) is 2.05. The molecule has 0 saturated heterocycles. The third-order valence-corrected chi connectivity index (χ3v) is 4.17. The second-order valence-electron chi connectivity index (χ2n) is 5.01. The van der Waals surface area contributed by atoms with Crippen molar-refractivity contribution >= 4 is 11.3 Å². The zero-order valence-corrected chi connectivity index (χ0v) is 12.6. The van der Waals surface area contributed by atoms with E-state index in [1.54, 1.807) is 29.9 Å². The topological polar surface area (TPSA) is 50.7 Å². The molecule has 0 aliphatic rings. The molecule has 0 aromatic carbocycles. The van der Waals surface area contributed by atoms with Crippen LogP contribution in [0.4, 0.5) is 0 Å². The van der Waals surface area contributed by atoms with E-state index in [0.717, 1.165) is 11.4 Å². The molecule has 0 aliphatic heterocycles. The van der Waals surface area contributed by atoms with Gasteiger partial charge < -0.3 is 5.32 Å². The van der Waals surface area contributed by atoms with Crippen molar-refractivity contribution in [1.82, 2.24) is 20.3 Å². The van der Waals surface area contributed by atoms with Gasteiger partial charge in [-0.15, -0.1) is 11.3 Å². The van der Waals surface area contributed by atoms with Crippen molar-refractivity contribution < 1.29 is 0 Å². The Hall–Kier alpha value is -1.33. The van der Waals surface area contributed by atoms with Gasteiger partial charge in [0.05, 0.1) is 16.4 Å². The summed E-state index contributed by atoms with van der Waals surface area (Å²) in [6.45, 7) is 8.56. The molecule has 0 spiro atoms. The highest BCUT2D eigenvalue weighted by Crippen LogP contribution is 2.24. The maximum atomic E-state index is 4.68. The normalized spacial score (nSPS) is 14.6. The summed E-state index contributed by atoms with van der Waals surface area (Å²) in [5, 5.41) is 6.83. The molecule has 1 N–H and O–H groups in total. The molecular formula is C14H20N4S. The van der Waals surface area contributed by atoms with Gasteiger partial charge in [-0.3, -0.25) is 9.97 Å². The van der Waals surface area contributed by atoms with Crippen molar-refractivity contribution in [3.8, 4) is 0 Å². The zero-order valence-electron chi connectivity index (χ0n) is 11.8. The van der Waals surface area contributed by atoms with E-state index >= 15 is 0 Å². The highest BCUT2D eigenvalue weighted by molar-refractivity contribution is 7.09. The molecule has 5 heteroatoms. The van der Waals surface area contributed by atoms with Gasteiger partial charge in [0.25, 0.3) is 0 Å². The van der Waals surface area contributed by atoms with E-state index in [2.05, 4.69) is 53.3 Å². The number of nitrogens with one attached hydrogen (secondary N) is 1. The lowest BCUT2D eigenvalue weighted by molar-refractivity contribution is 0.478. The minimum absolute atomic E-state index is 0.160. The Morgan fingerprint density at radius 3 is 2.37 bits per heavy atom. The number of thiazole rings is 1. The number of rotatable bonds is 5. The number of hydrogen-bond acceptors (Lipinski definition) is 5. The fraction of sp³-hybridized carbons (Fsp3) is 0.500. The molecule has 0 amide bonds. The van der Waals surface area contributed by atoms with Crippen LogP contribution < -0.4 is 5.32 Å². The van der Waals surface area contributed by atoms with E-state index in [1.807, 2.05) is 0 Å². The van der Waals surface area contributed by atoms with Gasteiger partial charge in [-0.25, -0.2) is 4.98 Å². The Kier molecular flexibility index (Phi) is 4.61. The largest absolute Gasteiger partial charge is 0.301 e. The van der Waals surface area contributed by atoms with Crippen molar-refractivity contribution in [1.29, 1.82) is 0 Å². The standard InChI is InChI=1S/C14H20N4S/c1-9(2)14-18-13(8-19-14)11(4)17-10(3)12-7-15-5-6-16-12/h5-11,17H,1-4H3/t10-,11+/m0/s1. The second-order valence-corrected chi connectivity index (χ2v) is 5.90. The molecule has 19 heavy (non-hydrogen) atoms. The van der Waals surface area contributed by atoms with Gasteiger partial charge in [-0.2, -0.15) is 0 Å². The summed E-state index contributed by atoms with van der Waals surface area (Å²) in [6, 6.07) is 0.369. The number of aromatic nitrogens is 3. The van der Waals surface area contributed by atoms with Gasteiger partial charge in [-0.05, 0) is 13.8 Å². The Balaban J connectivity index is 2.02. The summed E-state index contributed by atoms with van der Waals surface area (Å²) in [4.78, 5) is 13.1. The predicted molar refractivity (Wildman–Crippen MR) is 78.2 cm³/mol. The molecule has 0 aliphatic carbocycles. The van der Waals surface area contributed by atoms with Gasteiger partial charge in [0.15, 0.2) is 0 Å². The van der Waals surface area contributed by atoms with E-state index in [0.29, 0.717) is 5.92 Å². The highest BCUT2D eigenvalue weighted by Gasteiger charge is 2.15. The molecule has 102 valence electrons. The first kappa shape index (κ1) is 14.1. The van der Waals surface area contributed by atoms with Crippen LogP contribution in [0.3, 0.4) is 0 Å². The van der Waals surface area contributed by atoms with E-state index in [1.165, 1.54) is 5.01 Å². The molecular weight excluding hydrogens is 256 g/mol. The maximum absolute atomic E-state index is 4.68. The van der Waals surface area contributed by atoms with Crippen LogP contribution in [-0.2, 0) is 0 Å². The number of hydrogen-bond donors (Lipinski definition) is 1. The number of nitrogens with zero attached hydrogens (tertiary/aromatic N) is 3. The van der Waals surface area contributed by atoms with Crippen LogP contribution >= 0.6 is 11.3 Å². The van der Waals surface area contributed by atoms with Crippen LogP contribution in [0, 0.1) is 0 Å². The molecule has 2 aromatic heterocycles. The molecule has 2 aromatic rings. The molecule has 0 fully saturated rings. The monoisotopic (exact) mass is 276 g/mol. The van der Waals surface area contributed by atoms with Crippen molar-refractivity contribution in [2.45, 2.75) is 45.7 Å². The fourth-order valence-corrected chi connectivity index (χ4v) is 2.77. The van der Waals surface area contributed by atoms with Gasteiger partial charge in [-0.1, -0.05) is 13.8 Å². The quantitative estimate of drug-likeness (QED) is 0.908. The van der Waals surface area contributed by atoms with Crippen molar-refractivity contribution in [2.24, 2.45) is 0 Å². The lowest BCUT2D eigenvalue weighted by Crippen LogP contribution is -2.23. The molecule has 0 saturated carbocycles. The molecule has 2 atom stereocenters. The first-order valence-electron chi connectivity index (χ1n) is 6.55. The Labute approximate surface area is 118 Å². The molecule has 2 rings (SSSR count). The molecule has 0 unspecified atom stereocenters. The first-order chi connectivity index (χ1) is 9.08. The summed E-state index contributed by atoms with van der Waals surface area (Å²) >= 11 is 1.73. The molecule has 4 nitrogen and oxygen atoms in total. The molecule has 0 bridgehead atoms. The van der Waals surface area contributed by atoms with Crippen molar-refractivity contribution in [3.05, 3.63) is 40.4 Å². The fourth-order valence-electron chi connectivity index (χ4n) is 1.84. The van der Waals surface area contributed by atoms with E-state index in [9.17, 15) is 0 Å². The van der Waals surface area contributed by atoms with Crippen LogP contribution in [-0.4, -0.2) is 15.0 Å². The maximum Gasteiger partial charge on any atom is 0.0954 e. The smallest absolute Gasteiger partial charge is 0.0954 e.